The van der Waals surface area contributed by atoms with E-state index in [4.69, 9.17) is 9.84 Å². The van der Waals surface area contributed by atoms with Crippen molar-refractivity contribution in [2.24, 2.45) is 5.41 Å². The van der Waals surface area contributed by atoms with Crippen molar-refractivity contribution in [3.8, 4) is 0 Å². The molecular weight excluding hydrogens is 236 g/mol. The number of H-pyrrole nitrogens is 1. The number of nitrogens with zero attached hydrogens (tertiary/aromatic N) is 1. The van der Waals surface area contributed by atoms with E-state index in [1.54, 1.807) is 18.2 Å². The number of aliphatic carboxylic acids is 1. The van der Waals surface area contributed by atoms with E-state index in [1.165, 1.54) is 6.33 Å². The van der Waals surface area contributed by atoms with Gasteiger partial charge >= 0.3 is 5.97 Å². The lowest BCUT2D eigenvalue weighted by Crippen LogP contribution is -2.54. The van der Waals surface area contributed by atoms with Crippen LogP contribution in [0.3, 0.4) is 0 Å². The van der Waals surface area contributed by atoms with Gasteiger partial charge in [0.2, 0.25) is 0 Å². The largest absolute Gasteiger partial charge is 0.480 e. The Bertz CT molecular complexity index is 642. The van der Waals surface area contributed by atoms with E-state index in [-0.39, 0.29) is 13.2 Å². The van der Waals surface area contributed by atoms with Crippen molar-refractivity contribution in [1.82, 2.24) is 9.97 Å². The molecule has 92 valence electrons. The fourth-order valence-corrected chi connectivity index (χ4v) is 2.01. The summed E-state index contributed by atoms with van der Waals surface area (Å²) in [5.41, 5.74) is 0.383. The summed E-state index contributed by atoms with van der Waals surface area (Å²) in [4.78, 5) is 30.4. The Morgan fingerprint density at radius 3 is 2.78 bits per heavy atom. The Hall–Kier alpha value is -2.21. The first kappa shape index (κ1) is 10.9. The number of carboxylic acid groups (broad SMARTS) is 1. The number of rotatable bonds is 3. The summed E-state index contributed by atoms with van der Waals surface area (Å²) in [7, 11) is 0. The molecule has 6 nitrogen and oxygen atoms in total. The predicted octanol–water partition coefficient (Wildman–Crippen LogP) is 0.847. The van der Waals surface area contributed by atoms with Crippen LogP contribution < -0.4 is 0 Å². The lowest BCUT2D eigenvalue weighted by Gasteiger charge is -2.35. The molecule has 3 rings (SSSR count). The van der Waals surface area contributed by atoms with Gasteiger partial charge in [0.25, 0.3) is 0 Å². The molecular formula is C12H10N2O4. The van der Waals surface area contributed by atoms with Crippen LogP contribution in [0.5, 0.6) is 0 Å². The molecule has 0 atom stereocenters. The van der Waals surface area contributed by atoms with Gasteiger partial charge in [0, 0.05) is 5.56 Å². The molecule has 0 spiro atoms. The van der Waals surface area contributed by atoms with Crippen LogP contribution in [-0.4, -0.2) is 40.0 Å². The molecule has 2 N–H and O–H groups in total. The van der Waals surface area contributed by atoms with Gasteiger partial charge in [-0.2, -0.15) is 0 Å². The summed E-state index contributed by atoms with van der Waals surface area (Å²) in [6, 6.07) is 4.90. The van der Waals surface area contributed by atoms with Gasteiger partial charge in [-0.25, -0.2) is 4.98 Å². The highest BCUT2D eigenvalue weighted by Gasteiger charge is 2.53. The number of aromatic nitrogens is 2. The topological polar surface area (TPSA) is 92.3 Å². The zero-order chi connectivity index (χ0) is 12.8. The molecule has 0 aliphatic carbocycles. The van der Waals surface area contributed by atoms with E-state index in [1.807, 2.05) is 0 Å². The molecule has 18 heavy (non-hydrogen) atoms. The molecule has 0 radical (unpaired) electrons. The van der Waals surface area contributed by atoms with Crippen LogP contribution in [0.25, 0.3) is 11.0 Å². The Kier molecular flexibility index (Phi) is 2.21. The van der Waals surface area contributed by atoms with E-state index in [0.717, 1.165) is 5.52 Å². The molecule has 1 fully saturated rings. The quantitative estimate of drug-likeness (QED) is 0.618. The number of benzene rings is 1. The number of hydrogen-bond donors (Lipinski definition) is 2. The van der Waals surface area contributed by atoms with Crippen LogP contribution in [0.2, 0.25) is 0 Å². The molecule has 1 saturated heterocycles. The number of carbonyl (C=O) groups is 2. The van der Waals surface area contributed by atoms with Crippen LogP contribution in [0.1, 0.15) is 10.4 Å². The zero-order valence-corrected chi connectivity index (χ0v) is 9.34. The highest BCUT2D eigenvalue weighted by Crippen LogP contribution is 2.32. The Morgan fingerprint density at radius 2 is 2.17 bits per heavy atom. The van der Waals surface area contributed by atoms with Gasteiger partial charge in [-0.15, -0.1) is 0 Å². The fourth-order valence-electron chi connectivity index (χ4n) is 2.01. The average molecular weight is 246 g/mol. The van der Waals surface area contributed by atoms with Gasteiger partial charge in [0.1, 0.15) is 0 Å². The minimum absolute atomic E-state index is 0.0673. The third-order valence-corrected chi connectivity index (χ3v) is 3.22. The van der Waals surface area contributed by atoms with Crippen molar-refractivity contribution >= 4 is 22.8 Å². The molecule has 2 aromatic rings. The third-order valence-electron chi connectivity index (χ3n) is 3.22. The van der Waals surface area contributed by atoms with E-state index >= 15 is 0 Å². The summed E-state index contributed by atoms with van der Waals surface area (Å²) in [6.07, 6.45) is 1.53. The maximum atomic E-state index is 12.3. The second kappa shape index (κ2) is 3.64. The molecule has 0 saturated carbocycles. The van der Waals surface area contributed by atoms with Crippen LogP contribution >= 0.6 is 0 Å². The number of carboxylic acids is 1. The Labute approximate surface area is 102 Å². The molecule has 2 heterocycles. The highest BCUT2D eigenvalue weighted by atomic mass is 16.5. The molecule has 1 aromatic heterocycles. The second-order valence-electron chi connectivity index (χ2n) is 4.34. The molecule has 0 bridgehead atoms. The smallest absolute Gasteiger partial charge is 0.322 e. The average Bonchev–Trinajstić information content (AvgIpc) is 2.73. The van der Waals surface area contributed by atoms with Gasteiger partial charge in [-0.3, -0.25) is 9.59 Å². The second-order valence-corrected chi connectivity index (χ2v) is 4.34. The molecule has 1 aromatic carbocycles. The maximum absolute atomic E-state index is 12.3. The lowest BCUT2D eigenvalue weighted by molar-refractivity contribution is -0.168. The SMILES string of the molecule is O=C(O)C1(C(=O)c2ccc3nc[nH]c3c2)COC1. The first-order chi connectivity index (χ1) is 8.63. The Morgan fingerprint density at radius 1 is 1.39 bits per heavy atom. The standard InChI is InChI=1S/C12H10N2O4/c15-10(12(11(16)17)4-18-5-12)7-1-2-8-9(3-7)14-6-13-8/h1-3,6H,4-5H2,(H,13,14)(H,16,17). The minimum Gasteiger partial charge on any atom is -0.480 e. The van der Waals surface area contributed by atoms with E-state index in [0.29, 0.717) is 11.1 Å². The monoisotopic (exact) mass is 246 g/mol. The normalized spacial score (nSPS) is 17.3. The summed E-state index contributed by atoms with van der Waals surface area (Å²) in [6.45, 7) is -0.135. The summed E-state index contributed by atoms with van der Waals surface area (Å²) >= 11 is 0. The van der Waals surface area contributed by atoms with Crippen molar-refractivity contribution < 1.29 is 19.4 Å². The van der Waals surface area contributed by atoms with Gasteiger partial charge in [-0.05, 0) is 18.2 Å². The molecule has 0 unspecified atom stereocenters. The molecule has 6 heteroatoms. The first-order valence-corrected chi connectivity index (χ1v) is 5.42. The number of imidazole rings is 1. The number of ether oxygens (including phenoxy) is 1. The van der Waals surface area contributed by atoms with Gasteiger partial charge in [0.15, 0.2) is 11.2 Å². The van der Waals surface area contributed by atoms with Crippen LogP contribution in [0, 0.1) is 5.41 Å². The van der Waals surface area contributed by atoms with Gasteiger partial charge in [-0.1, -0.05) is 0 Å². The molecule has 1 aliphatic heterocycles. The molecule has 0 amide bonds. The van der Waals surface area contributed by atoms with E-state index in [2.05, 4.69) is 9.97 Å². The lowest BCUT2D eigenvalue weighted by atomic mass is 9.78. The van der Waals surface area contributed by atoms with E-state index in [9.17, 15) is 9.59 Å². The van der Waals surface area contributed by atoms with Crippen molar-refractivity contribution in [3.63, 3.8) is 0 Å². The first-order valence-electron chi connectivity index (χ1n) is 5.42. The number of hydrogen-bond acceptors (Lipinski definition) is 4. The summed E-state index contributed by atoms with van der Waals surface area (Å²) in [5, 5.41) is 9.17. The van der Waals surface area contributed by atoms with E-state index < -0.39 is 17.2 Å². The summed E-state index contributed by atoms with van der Waals surface area (Å²) < 4.78 is 4.89. The van der Waals surface area contributed by atoms with Crippen LogP contribution in [0.4, 0.5) is 0 Å². The Balaban J connectivity index is 2.03. The van der Waals surface area contributed by atoms with Gasteiger partial charge < -0.3 is 14.8 Å². The number of fused-ring (bicyclic) bond motifs is 1. The maximum Gasteiger partial charge on any atom is 0.322 e. The highest BCUT2D eigenvalue weighted by molar-refractivity contribution is 6.13. The zero-order valence-electron chi connectivity index (χ0n) is 9.34. The third kappa shape index (κ3) is 1.36. The minimum atomic E-state index is -1.42. The van der Waals surface area contributed by atoms with Crippen LogP contribution in [0.15, 0.2) is 24.5 Å². The van der Waals surface area contributed by atoms with Crippen molar-refractivity contribution in [3.05, 3.63) is 30.1 Å². The van der Waals surface area contributed by atoms with Crippen molar-refractivity contribution in [2.75, 3.05) is 13.2 Å². The predicted molar refractivity (Wildman–Crippen MR) is 61.3 cm³/mol. The number of Topliss-reactive ketones (excluding diaryl/α,β-unsaturated/α-hetero) is 1. The number of nitrogens with one attached hydrogen (secondary N) is 1. The number of carbonyl (C=O) groups excluding carboxylic acids is 1. The van der Waals surface area contributed by atoms with Crippen molar-refractivity contribution in [1.29, 1.82) is 0 Å². The van der Waals surface area contributed by atoms with Gasteiger partial charge in [0.05, 0.1) is 30.6 Å². The number of aromatic amines is 1. The van der Waals surface area contributed by atoms with Crippen molar-refractivity contribution in [2.45, 2.75) is 0 Å². The summed E-state index contributed by atoms with van der Waals surface area (Å²) in [5.74, 6) is -1.55. The number of ketones is 1. The molecule has 1 aliphatic rings. The fraction of sp³-hybridized carbons (Fsp3) is 0.250. The van der Waals surface area contributed by atoms with Crippen LogP contribution in [-0.2, 0) is 9.53 Å².